The van der Waals surface area contributed by atoms with Gasteiger partial charge in [0, 0.05) is 12.8 Å². The maximum atomic E-state index is 11.8. The fraction of sp³-hybridized carbons (Fsp3) is 0.529. The highest BCUT2D eigenvalue weighted by Gasteiger charge is 2.31. The Balaban J connectivity index is 2.66. The average molecular weight is 291 g/mol. The van der Waals surface area contributed by atoms with Crippen molar-refractivity contribution >= 4 is 12.2 Å². The van der Waals surface area contributed by atoms with Crippen LogP contribution in [0.15, 0.2) is 29.3 Å². The fourth-order valence-electron chi connectivity index (χ4n) is 1.63. The number of esters is 1. The molecule has 1 aromatic rings. The second-order valence-corrected chi connectivity index (χ2v) is 5.79. The summed E-state index contributed by atoms with van der Waals surface area (Å²) in [7, 11) is 0. The summed E-state index contributed by atoms with van der Waals surface area (Å²) in [6.07, 6.45) is 1.85. The van der Waals surface area contributed by atoms with Gasteiger partial charge in [-0.1, -0.05) is 13.8 Å². The van der Waals surface area contributed by atoms with Crippen molar-refractivity contribution in [3.8, 4) is 5.75 Å². The van der Waals surface area contributed by atoms with Gasteiger partial charge < -0.3 is 9.47 Å². The lowest BCUT2D eigenvalue weighted by Crippen LogP contribution is -2.39. The molecule has 0 unspecified atom stereocenters. The number of carbonyl (C=O) groups excluding carboxylic acids is 1. The van der Waals surface area contributed by atoms with Crippen molar-refractivity contribution in [3.05, 3.63) is 29.8 Å². The van der Waals surface area contributed by atoms with E-state index in [1.54, 1.807) is 20.8 Å². The Morgan fingerprint density at radius 2 is 1.90 bits per heavy atom. The Kier molecular flexibility index (Phi) is 6.40. The van der Waals surface area contributed by atoms with E-state index in [1.165, 1.54) is 0 Å². The zero-order chi connectivity index (χ0) is 15.9. The highest BCUT2D eigenvalue weighted by molar-refractivity contribution is 5.80. The van der Waals surface area contributed by atoms with Crippen LogP contribution in [0.1, 0.15) is 40.2 Å². The van der Waals surface area contributed by atoms with E-state index in [1.807, 2.05) is 30.5 Å². The summed E-state index contributed by atoms with van der Waals surface area (Å²) < 4.78 is 10.7. The highest BCUT2D eigenvalue weighted by Crippen LogP contribution is 2.20. The minimum atomic E-state index is -0.997. The first-order chi connectivity index (χ1) is 9.85. The summed E-state index contributed by atoms with van der Waals surface area (Å²) in [5, 5.41) is 0. The summed E-state index contributed by atoms with van der Waals surface area (Å²) in [6.45, 7) is 10.6. The number of nitrogens with zero attached hydrogens (tertiary/aromatic N) is 1. The topological polar surface area (TPSA) is 47.9 Å². The first kappa shape index (κ1) is 17.2. The summed E-state index contributed by atoms with van der Waals surface area (Å²) >= 11 is 0. The van der Waals surface area contributed by atoms with E-state index in [0.29, 0.717) is 18.3 Å². The molecule has 0 atom stereocenters. The highest BCUT2D eigenvalue weighted by atomic mass is 16.6. The lowest BCUT2D eigenvalue weighted by Gasteiger charge is -2.24. The molecule has 0 fully saturated rings. The van der Waals surface area contributed by atoms with Gasteiger partial charge in [-0.25, -0.2) is 4.79 Å². The molecule has 4 heteroatoms. The molecular formula is C17H25NO3. The molecule has 0 amide bonds. The van der Waals surface area contributed by atoms with E-state index in [-0.39, 0.29) is 5.97 Å². The van der Waals surface area contributed by atoms with Crippen LogP contribution in [0.5, 0.6) is 5.75 Å². The van der Waals surface area contributed by atoms with Crippen LogP contribution in [-0.4, -0.2) is 30.9 Å². The summed E-state index contributed by atoms with van der Waals surface area (Å²) in [6, 6.07) is 7.50. The van der Waals surface area contributed by atoms with Gasteiger partial charge >= 0.3 is 5.97 Å². The summed E-state index contributed by atoms with van der Waals surface area (Å²) in [5.41, 5.74) is 0.0143. The molecular weight excluding hydrogens is 266 g/mol. The van der Waals surface area contributed by atoms with Crippen LogP contribution in [0.4, 0.5) is 0 Å². The van der Waals surface area contributed by atoms with E-state index < -0.39 is 5.60 Å². The predicted octanol–water partition coefficient (Wildman–Crippen LogP) is 3.48. The number of rotatable bonds is 7. The van der Waals surface area contributed by atoms with Gasteiger partial charge in [-0.3, -0.25) is 4.99 Å². The quantitative estimate of drug-likeness (QED) is 0.571. The summed E-state index contributed by atoms with van der Waals surface area (Å²) in [5.74, 6) is 0.816. The average Bonchev–Trinajstić information content (AvgIpc) is 2.40. The Morgan fingerprint density at radius 3 is 2.43 bits per heavy atom. The minimum Gasteiger partial charge on any atom is -0.476 e. The van der Waals surface area contributed by atoms with Crippen molar-refractivity contribution in [2.45, 2.75) is 40.2 Å². The first-order valence-electron chi connectivity index (χ1n) is 7.31. The fourth-order valence-corrected chi connectivity index (χ4v) is 1.63. The lowest BCUT2D eigenvalue weighted by atomic mass is 10.1. The van der Waals surface area contributed by atoms with Gasteiger partial charge in [-0.2, -0.15) is 0 Å². The van der Waals surface area contributed by atoms with Crippen LogP contribution in [-0.2, 0) is 9.53 Å². The Hall–Kier alpha value is -1.84. The number of hydrogen-bond donors (Lipinski definition) is 0. The van der Waals surface area contributed by atoms with Crippen molar-refractivity contribution in [3.63, 3.8) is 0 Å². The maximum absolute atomic E-state index is 11.8. The zero-order valence-electron chi connectivity index (χ0n) is 13.6. The van der Waals surface area contributed by atoms with Crippen LogP contribution >= 0.6 is 0 Å². The molecule has 116 valence electrons. The molecule has 0 heterocycles. The standard InChI is InChI=1S/C17H25NO3/c1-6-20-16(19)17(4,5)21-15-9-7-14(8-10-15)12-18-11-13(2)3/h7-10,12-13H,6,11H2,1-5H3/b18-12+. The third-order valence-electron chi connectivity index (χ3n) is 2.73. The first-order valence-corrected chi connectivity index (χ1v) is 7.31. The van der Waals surface area contributed by atoms with E-state index in [4.69, 9.17) is 9.47 Å². The molecule has 0 aliphatic heterocycles. The molecule has 0 radical (unpaired) electrons. The molecule has 0 aromatic heterocycles. The lowest BCUT2D eigenvalue weighted by molar-refractivity contribution is -0.158. The molecule has 0 spiro atoms. The second-order valence-electron chi connectivity index (χ2n) is 5.79. The number of hydrogen-bond acceptors (Lipinski definition) is 4. The van der Waals surface area contributed by atoms with Gasteiger partial charge in [0.2, 0.25) is 0 Å². The van der Waals surface area contributed by atoms with Gasteiger partial charge in [0.1, 0.15) is 5.75 Å². The predicted molar refractivity (Wildman–Crippen MR) is 85.1 cm³/mol. The van der Waals surface area contributed by atoms with Gasteiger partial charge in [-0.05, 0) is 56.5 Å². The SMILES string of the molecule is CCOC(=O)C(C)(C)Oc1ccc(/C=N/CC(C)C)cc1. The number of benzene rings is 1. The van der Waals surface area contributed by atoms with Crippen molar-refractivity contribution in [2.75, 3.05) is 13.2 Å². The van der Waals surface area contributed by atoms with Crippen molar-refractivity contribution < 1.29 is 14.3 Å². The Bertz CT molecular complexity index is 475. The molecule has 0 saturated carbocycles. The Labute approximate surface area is 127 Å². The third kappa shape index (κ3) is 5.98. The molecule has 0 bridgehead atoms. The monoisotopic (exact) mass is 291 g/mol. The zero-order valence-corrected chi connectivity index (χ0v) is 13.6. The van der Waals surface area contributed by atoms with Crippen LogP contribution in [0, 0.1) is 5.92 Å². The maximum Gasteiger partial charge on any atom is 0.349 e. The molecule has 0 aliphatic rings. The van der Waals surface area contributed by atoms with Gasteiger partial charge in [-0.15, -0.1) is 0 Å². The Morgan fingerprint density at radius 1 is 1.29 bits per heavy atom. The van der Waals surface area contributed by atoms with Crippen molar-refractivity contribution in [1.29, 1.82) is 0 Å². The smallest absolute Gasteiger partial charge is 0.349 e. The molecule has 0 N–H and O–H groups in total. The molecule has 4 nitrogen and oxygen atoms in total. The number of aliphatic imine (C=N–C) groups is 1. The molecule has 1 aromatic carbocycles. The van der Waals surface area contributed by atoms with Gasteiger partial charge in [0.05, 0.1) is 6.61 Å². The molecule has 0 saturated heterocycles. The van der Waals surface area contributed by atoms with E-state index in [9.17, 15) is 4.79 Å². The third-order valence-corrected chi connectivity index (χ3v) is 2.73. The molecule has 0 aliphatic carbocycles. The van der Waals surface area contributed by atoms with Crippen LogP contribution in [0.2, 0.25) is 0 Å². The minimum absolute atomic E-state index is 0.344. The van der Waals surface area contributed by atoms with Gasteiger partial charge in [0.15, 0.2) is 5.60 Å². The van der Waals surface area contributed by atoms with Crippen LogP contribution < -0.4 is 4.74 Å². The molecule has 1 rings (SSSR count). The normalized spacial score (nSPS) is 11.9. The second kappa shape index (κ2) is 7.81. The molecule has 21 heavy (non-hydrogen) atoms. The van der Waals surface area contributed by atoms with E-state index in [0.717, 1.165) is 12.1 Å². The van der Waals surface area contributed by atoms with E-state index in [2.05, 4.69) is 18.8 Å². The van der Waals surface area contributed by atoms with Crippen LogP contribution in [0.25, 0.3) is 0 Å². The summed E-state index contributed by atoms with van der Waals surface area (Å²) in [4.78, 5) is 16.1. The largest absolute Gasteiger partial charge is 0.476 e. The van der Waals surface area contributed by atoms with Crippen molar-refractivity contribution in [1.82, 2.24) is 0 Å². The number of ether oxygens (including phenoxy) is 2. The van der Waals surface area contributed by atoms with Crippen LogP contribution in [0.3, 0.4) is 0 Å². The van der Waals surface area contributed by atoms with E-state index >= 15 is 0 Å². The van der Waals surface area contributed by atoms with Gasteiger partial charge in [0.25, 0.3) is 0 Å². The number of carbonyl (C=O) groups is 1. The van der Waals surface area contributed by atoms with Crippen molar-refractivity contribution in [2.24, 2.45) is 10.9 Å².